The SMILES string of the molecule is COC(=O)[C@H](C)CS(=O)(=O)N1CCc2c1cccc2[N+](=O)[O-]. The third-order valence-electron chi connectivity index (χ3n) is 3.56. The maximum Gasteiger partial charge on any atom is 0.309 e. The fourth-order valence-electron chi connectivity index (χ4n) is 2.52. The first-order chi connectivity index (χ1) is 10.3. The Hall–Kier alpha value is -2.16. The lowest BCUT2D eigenvalue weighted by Crippen LogP contribution is -2.35. The lowest BCUT2D eigenvalue weighted by Gasteiger charge is -2.21. The van der Waals surface area contributed by atoms with Crippen molar-refractivity contribution in [3.05, 3.63) is 33.9 Å². The summed E-state index contributed by atoms with van der Waals surface area (Å²) in [6.07, 6.45) is 0.276. The van der Waals surface area contributed by atoms with Crippen LogP contribution in [0.5, 0.6) is 0 Å². The second-order valence-electron chi connectivity index (χ2n) is 5.06. The van der Waals surface area contributed by atoms with Gasteiger partial charge in [-0.05, 0) is 12.5 Å². The topological polar surface area (TPSA) is 107 Å². The zero-order valence-electron chi connectivity index (χ0n) is 12.2. The fourth-order valence-corrected chi connectivity index (χ4v) is 4.31. The molecule has 9 heteroatoms. The van der Waals surface area contributed by atoms with Gasteiger partial charge in [-0.2, -0.15) is 0 Å². The fraction of sp³-hybridized carbons (Fsp3) is 0.462. The minimum atomic E-state index is -3.76. The summed E-state index contributed by atoms with van der Waals surface area (Å²) in [6.45, 7) is 1.60. The Balaban J connectivity index is 2.32. The number of sulfonamides is 1. The highest BCUT2D eigenvalue weighted by Gasteiger charge is 2.35. The van der Waals surface area contributed by atoms with Gasteiger partial charge in [-0.15, -0.1) is 0 Å². The number of esters is 1. The summed E-state index contributed by atoms with van der Waals surface area (Å²) < 4.78 is 30.6. The van der Waals surface area contributed by atoms with Crippen molar-refractivity contribution in [2.45, 2.75) is 13.3 Å². The number of nitrogens with zero attached hydrogens (tertiary/aromatic N) is 2. The molecule has 0 saturated heterocycles. The Labute approximate surface area is 127 Å². The van der Waals surface area contributed by atoms with Crippen LogP contribution in [0.3, 0.4) is 0 Å². The molecule has 1 heterocycles. The zero-order chi connectivity index (χ0) is 16.5. The van der Waals surface area contributed by atoms with E-state index < -0.39 is 32.6 Å². The van der Waals surface area contributed by atoms with E-state index >= 15 is 0 Å². The Morgan fingerprint density at radius 3 is 2.77 bits per heavy atom. The summed E-state index contributed by atoms with van der Waals surface area (Å²) in [6, 6.07) is 4.34. The maximum atomic E-state index is 12.5. The first-order valence-electron chi connectivity index (χ1n) is 6.62. The maximum absolute atomic E-state index is 12.5. The number of rotatable bonds is 5. The molecule has 0 saturated carbocycles. The predicted molar refractivity (Wildman–Crippen MR) is 79.1 cm³/mol. The summed E-state index contributed by atoms with van der Waals surface area (Å²) in [5, 5.41) is 11.0. The predicted octanol–water partition coefficient (Wildman–Crippen LogP) is 1.10. The quantitative estimate of drug-likeness (QED) is 0.455. The molecule has 1 aromatic carbocycles. The molecule has 0 radical (unpaired) electrons. The van der Waals surface area contributed by atoms with Crippen molar-refractivity contribution >= 4 is 27.4 Å². The Morgan fingerprint density at radius 2 is 2.18 bits per heavy atom. The van der Waals surface area contributed by atoms with Crippen molar-refractivity contribution in [1.29, 1.82) is 0 Å². The van der Waals surface area contributed by atoms with Gasteiger partial charge in [0.15, 0.2) is 0 Å². The highest BCUT2D eigenvalue weighted by molar-refractivity contribution is 7.92. The van der Waals surface area contributed by atoms with Crippen molar-refractivity contribution in [3.63, 3.8) is 0 Å². The first-order valence-corrected chi connectivity index (χ1v) is 8.23. The van der Waals surface area contributed by atoms with Crippen LogP contribution in [-0.2, 0) is 26.0 Å². The second kappa shape index (κ2) is 5.91. The molecule has 0 unspecified atom stereocenters. The van der Waals surface area contributed by atoms with Gasteiger partial charge in [0.1, 0.15) is 0 Å². The summed E-state index contributed by atoms with van der Waals surface area (Å²) in [5.74, 6) is -1.82. The molecule has 22 heavy (non-hydrogen) atoms. The minimum absolute atomic E-state index is 0.0868. The second-order valence-corrected chi connectivity index (χ2v) is 6.99. The van der Waals surface area contributed by atoms with Crippen LogP contribution in [0.15, 0.2) is 18.2 Å². The molecule has 0 aromatic heterocycles. The molecule has 8 nitrogen and oxygen atoms in total. The number of ether oxygens (including phenoxy) is 1. The van der Waals surface area contributed by atoms with E-state index in [1.54, 1.807) is 0 Å². The number of nitro groups is 1. The average Bonchev–Trinajstić information content (AvgIpc) is 2.90. The number of fused-ring (bicyclic) bond motifs is 1. The highest BCUT2D eigenvalue weighted by Crippen LogP contribution is 2.36. The third-order valence-corrected chi connectivity index (χ3v) is 5.53. The number of hydrogen-bond acceptors (Lipinski definition) is 6. The van der Waals surface area contributed by atoms with E-state index in [9.17, 15) is 23.3 Å². The Morgan fingerprint density at radius 1 is 1.50 bits per heavy atom. The average molecular weight is 328 g/mol. The molecule has 1 atom stereocenters. The van der Waals surface area contributed by atoms with Gasteiger partial charge in [-0.25, -0.2) is 8.42 Å². The number of nitro benzene ring substituents is 1. The van der Waals surface area contributed by atoms with E-state index in [4.69, 9.17) is 0 Å². The summed E-state index contributed by atoms with van der Waals surface area (Å²) >= 11 is 0. The molecule has 0 amide bonds. The van der Waals surface area contributed by atoms with E-state index in [1.807, 2.05) is 0 Å². The van der Waals surface area contributed by atoms with Gasteiger partial charge < -0.3 is 4.74 Å². The molecule has 1 aliphatic rings. The van der Waals surface area contributed by atoms with Crippen LogP contribution in [0.1, 0.15) is 12.5 Å². The van der Waals surface area contributed by atoms with Gasteiger partial charge in [-0.3, -0.25) is 19.2 Å². The number of benzene rings is 1. The van der Waals surface area contributed by atoms with Gasteiger partial charge in [0.25, 0.3) is 5.69 Å². The molecular weight excluding hydrogens is 312 g/mol. The van der Waals surface area contributed by atoms with Gasteiger partial charge >= 0.3 is 5.97 Å². The lowest BCUT2D eigenvalue weighted by atomic mass is 10.1. The number of carbonyl (C=O) groups is 1. The molecular formula is C13H16N2O6S. The van der Waals surface area contributed by atoms with Crippen LogP contribution in [-0.4, -0.2) is 38.7 Å². The van der Waals surface area contributed by atoms with E-state index in [2.05, 4.69) is 4.74 Å². The molecule has 0 spiro atoms. The molecule has 0 bridgehead atoms. The van der Waals surface area contributed by atoms with Gasteiger partial charge in [-0.1, -0.05) is 13.0 Å². The lowest BCUT2D eigenvalue weighted by molar-refractivity contribution is -0.385. The Kier molecular flexibility index (Phi) is 4.36. The largest absolute Gasteiger partial charge is 0.469 e. The summed E-state index contributed by atoms with van der Waals surface area (Å²) in [4.78, 5) is 21.9. The minimum Gasteiger partial charge on any atom is -0.469 e. The molecule has 0 aliphatic carbocycles. The molecule has 120 valence electrons. The van der Waals surface area contributed by atoms with E-state index in [-0.39, 0.29) is 18.7 Å². The number of hydrogen-bond donors (Lipinski definition) is 0. The van der Waals surface area contributed by atoms with Crippen LogP contribution < -0.4 is 4.31 Å². The van der Waals surface area contributed by atoms with Crippen LogP contribution in [0, 0.1) is 16.0 Å². The highest BCUT2D eigenvalue weighted by atomic mass is 32.2. The number of methoxy groups -OCH3 is 1. The summed E-state index contributed by atoms with van der Waals surface area (Å²) in [5.41, 5.74) is 0.629. The van der Waals surface area contributed by atoms with Crippen molar-refractivity contribution in [3.8, 4) is 0 Å². The van der Waals surface area contributed by atoms with Crippen molar-refractivity contribution in [2.24, 2.45) is 5.92 Å². The molecule has 1 aliphatic heterocycles. The van der Waals surface area contributed by atoms with Gasteiger partial charge in [0.2, 0.25) is 10.0 Å². The standard InChI is InChI=1S/C13H16N2O6S/c1-9(13(16)21-2)8-22(19,20)14-7-6-10-11(14)4-3-5-12(10)15(17)18/h3-5,9H,6-8H2,1-2H3/t9-/m1/s1. The molecule has 2 rings (SSSR count). The van der Waals surface area contributed by atoms with Crippen LogP contribution >= 0.6 is 0 Å². The van der Waals surface area contributed by atoms with Crippen LogP contribution in [0.4, 0.5) is 11.4 Å². The zero-order valence-corrected chi connectivity index (χ0v) is 13.0. The van der Waals surface area contributed by atoms with Crippen LogP contribution in [0.2, 0.25) is 0 Å². The van der Waals surface area contributed by atoms with Crippen LogP contribution in [0.25, 0.3) is 0 Å². The summed E-state index contributed by atoms with van der Waals surface area (Å²) in [7, 11) is -2.57. The Bertz CT molecular complexity index is 715. The first kappa shape index (κ1) is 16.2. The monoisotopic (exact) mass is 328 g/mol. The molecule has 0 fully saturated rings. The molecule has 1 aromatic rings. The third kappa shape index (κ3) is 2.89. The van der Waals surface area contributed by atoms with Crippen molar-refractivity contribution < 1.29 is 22.9 Å². The van der Waals surface area contributed by atoms with Crippen molar-refractivity contribution in [1.82, 2.24) is 0 Å². The number of carbonyl (C=O) groups excluding carboxylic acids is 1. The van der Waals surface area contributed by atoms with Gasteiger partial charge in [0, 0.05) is 12.6 Å². The van der Waals surface area contributed by atoms with Crippen molar-refractivity contribution in [2.75, 3.05) is 23.7 Å². The normalized spacial score (nSPS) is 15.3. The smallest absolute Gasteiger partial charge is 0.309 e. The van der Waals surface area contributed by atoms with E-state index in [0.717, 1.165) is 4.31 Å². The van der Waals surface area contributed by atoms with Gasteiger partial charge in [0.05, 0.1) is 35.0 Å². The molecule has 0 N–H and O–H groups in total. The van der Waals surface area contributed by atoms with E-state index in [1.165, 1.54) is 32.2 Å². The van der Waals surface area contributed by atoms with E-state index in [0.29, 0.717) is 11.3 Å². The number of anilines is 1.